The van der Waals surface area contributed by atoms with Crippen LogP contribution in [0.3, 0.4) is 0 Å². The van der Waals surface area contributed by atoms with Crippen LogP contribution >= 0.6 is 0 Å². The number of benzene rings is 1. The molecule has 0 aliphatic carbocycles. The molecule has 1 aromatic carbocycles. The second-order valence-electron chi connectivity index (χ2n) is 6.68. The molecule has 1 aromatic rings. The lowest BCUT2D eigenvalue weighted by atomic mass is 10.1. The van der Waals surface area contributed by atoms with Crippen molar-refractivity contribution in [3.63, 3.8) is 0 Å². The van der Waals surface area contributed by atoms with E-state index >= 15 is 0 Å². The van der Waals surface area contributed by atoms with Gasteiger partial charge in [0.15, 0.2) is 0 Å². The van der Waals surface area contributed by atoms with Gasteiger partial charge in [-0.1, -0.05) is 17.7 Å². The zero-order chi connectivity index (χ0) is 17.1. The fourth-order valence-electron chi connectivity index (χ4n) is 3.40. The van der Waals surface area contributed by atoms with Gasteiger partial charge in [0.05, 0.1) is 6.54 Å². The number of urea groups is 1. The summed E-state index contributed by atoms with van der Waals surface area (Å²) in [5, 5.41) is 2.77. The molecule has 2 aliphatic rings. The van der Waals surface area contributed by atoms with Crippen LogP contribution in [-0.2, 0) is 4.79 Å². The van der Waals surface area contributed by atoms with Crippen LogP contribution in [0.25, 0.3) is 0 Å². The summed E-state index contributed by atoms with van der Waals surface area (Å²) in [6.07, 6.45) is 2.03. The molecule has 130 valence electrons. The largest absolute Gasteiger partial charge is 0.341 e. The first kappa shape index (κ1) is 16.7. The predicted octanol–water partition coefficient (Wildman–Crippen LogP) is 2.95. The summed E-state index contributed by atoms with van der Waals surface area (Å²) in [6.45, 7) is 3.36. The van der Waals surface area contributed by atoms with Gasteiger partial charge < -0.3 is 15.1 Å². The molecular weight excluding hydrogens is 309 g/mol. The zero-order valence-corrected chi connectivity index (χ0v) is 14.0. The van der Waals surface area contributed by atoms with Crippen molar-refractivity contribution in [1.82, 2.24) is 9.80 Å². The van der Waals surface area contributed by atoms with Crippen LogP contribution in [0.15, 0.2) is 24.3 Å². The highest BCUT2D eigenvalue weighted by atomic mass is 19.1. The Balaban J connectivity index is 1.68. The Hall–Kier alpha value is -2.11. The van der Waals surface area contributed by atoms with Gasteiger partial charge in [0, 0.05) is 25.2 Å². The van der Waals surface area contributed by atoms with Gasteiger partial charge in [-0.15, -0.1) is 0 Å². The summed E-state index contributed by atoms with van der Waals surface area (Å²) in [4.78, 5) is 28.3. The summed E-state index contributed by atoms with van der Waals surface area (Å²) >= 11 is 0. The Bertz CT molecular complexity index is 599. The van der Waals surface area contributed by atoms with E-state index in [0.717, 1.165) is 24.8 Å². The summed E-state index contributed by atoms with van der Waals surface area (Å²) in [5.74, 6) is -0.117. The number of halogens is 1. The maximum absolute atomic E-state index is 13.9. The third-order valence-corrected chi connectivity index (χ3v) is 4.77. The van der Waals surface area contributed by atoms with Crippen LogP contribution in [0.2, 0.25) is 0 Å². The van der Waals surface area contributed by atoms with E-state index in [9.17, 15) is 14.0 Å². The number of anilines is 1. The van der Waals surface area contributed by atoms with Crippen molar-refractivity contribution < 1.29 is 14.0 Å². The lowest BCUT2D eigenvalue weighted by Gasteiger charge is -2.32. The van der Waals surface area contributed by atoms with E-state index < -0.39 is 18.2 Å². The molecular formula is C18H24FN3O2. The van der Waals surface area contributed by atoms with Crippen molar-refractivity contribution >= 4 is 17.6 Å². The van der Waals surface area contributed by atoms with Crippen molar-refractivity contribution in [2.24, 2.45) is 0 Å². The molecule has 0 radical (unpaired) electrons. The maximum Gasteiger partial charge on any atom is 0.322 e. The lowest BCUT2D eigenvalue weighted by molar-refractivity contribution is -0.136. The highest BCUT2D eigenvalue weighted by Crippen LogP contribution is 2.25. The van der Waals surface area contributed by atoms with E-state index in [1.165, 1.54) is 4.90 Å². The van der Waals surface area contributed by atoms with Gasteiger partial charge in [0.25, 0.3) is 0 Å². The molecule has 3 amide bonds. The third-order valence-electron chi connectivity index (χ3n) is 4.77. The van der Waals surface area contributed by atoms with Crippen LogP contribution in [0.1, 0.15) is 31.2 Å². The van der Waals surface area contributed by atoms with E-state index in [1.807, 2.05) is 19.1 Å². The molecule has 0 saturated carbocycles. The molecule has 2 saturated heterocycles. The van der Waals surface area contributed by atoms with Crippen molar-refractivity contribution in [1.29, 1.82) is 0 Å². The molecule has 3 rings (SSSR count). The van der Waals surface area contributed by atoms with E-state index in [4.69, 9.17) is 0 Å². The maximum atomic E-state index is 13.9. The van der Waals surface area contributed by atoms with Gasteiger partial charge in [-0.25, -0.2) is 9.18 Å². The third kappa shape index (κ3) is 3.68. The van der Waals surface area contributed by atoms with Gasteiger partial charge in [0.1, 0.15) is 12.2 Å². The van der Waals surface area contributed by atoms with Crippen molar-refractivity contribution in [2.45, 2.75) is 44.8 Å². The summed E-state index contributed by atoms with van der Waals surface area (Å²) in [5.41, 5.74) is 1.74. The molecule has 2 heterocycles. The number of piperidine rings is 1. The van der Waals surface area contributed by atoms with Crippen LogP contribution in [0.4, 0.5) is 14.9 Å². The molecule has 2 atom stereocenters. The Morgan fingerprint density at radius 3 is 2.46 bits per heavy atom. The van der Waals surface area contributed by atoms with Crippen molar-refractivity contribution in [3.05, 3.63) is 29.8 Å². The smallest absolute Gasteiger partial charge is 0.322 e. The highest BCUT2D eigenvalue weighted by molar-refractivity contribution is 5.94. The molecule has 6 heteroatoms. The molecule has 2 aliphatic heterocycles. The number of hydrogen-bond acceptors (Lipinski definition) is 2. The topological polar surface area (TPSA) is 52.7 Å². The summed E-state index contributed by atoms with van der Waals surface area (Å²) < 4.78 is 13.9. The number of amides is 3. The average Bonchev–Trinajstić information content (AvgIpc) is 2.99. The zero-order valence-electron chi connectivity index (χ0n) is 14.0. The van der Waals surface area contributed by atoms with Gasteiger partial charge in [-0.05, 0) is 38.3 Å². The average molecular weight is 333 g/mol. The molecule has 0 aromatic heterocycles. The quantitative estimate of drug-likeness (QED) is 0.905. The van der Waals surface area contributed by atoms with Crippen LogP contribution < -0.4 is 5.32 Å². The second-order valence-corrected chi connectivity index (χ2v) is 6.68. The Morgan fingerprint density at radius 2 is 1.79 bits per heavy atom. The first-order valence-electron chi connectivity index (χ1n) is 8.62. The number of alkyl halides is 1. The van der Waals surface area contributed by atoms with E-state index in [0.29, 0.717) is 18.8 Å². The second kappa shape index (κ2) is 7.20. The number of carbonyl (C=O) groups is 2. The number of nitrogens with one attached hydrogen (secondary N) is 1. The predicted molar refractivity (Wildman–Crippen MR) is 90.6 cm³/mol. The van der Waals surface area contributed by atoms with Gasteiger partial charge in [-0.3, -0.25) is 4.79 Å². The Morgan fingerprint density at radius 1 is 1.12 bits per heavy atom. The minimum absolute atomic E-state index is 0.0259. The molecule has 0 spiro atoms. The van der Waals surface area contributed by atoms with Gasteiger partial charge >= 0.3 is 6.03 Å². The molecule has 5 nitrogen and oxygen atoms in total. The fourth-order valence-corrected chi connectivity index (χ4v) is 3.40. The number of hydrogen-bond donors (Lipinski definition) is 1. The molecule has 1 N–H and O–H groups in total. The van der Waals surface area contributed by atoms with Crippen LogP contribution in [0, 0.1) is 6.92 Å². The van der Waals surface area contributed by atoms with Crippen LogP contribution in [0.5, 0.6) is 0 Å². The number of carbonyl (C=O) groups excluding carboxylic acids is 2. The first-order chi connectivity index (χ1) is 11.5. The molecule has 24 heavy (non-hydrogen) atoms. The number of nitrogens with zero attached hydrogens (tertiary/aromatic N) is 2. The SMILES string of the molecule is Cc1ccc(NC(=O)N2C[C@@H](F)C[C@H]2C(=O)N2CCCCC2)cc1. The lowest BCUT2D eigenvalue weighted by Crippen LogP contribution is -2.50. The molecule has 0 bridgehead atoms. The minimum atomic E-state index is -1.15. The number of likely N-dealkylation sites (tertiary alicyclic amines) is 2. The first-order valence-corrected chi connectivity index (χ1v) is 8.62. The van der Waals surface area contributed by atoms with Crippen molar-refractivity contribution in [2.75, 3.05) is 25.0 Å². The van der Waals surface area contributed by atoms with E-state index in [1.54, 1.807) is 17.0 Å². The molecule has 0 unspecified atom stereocenters. The monoisotopic (exact) mass is 333 g/mol. The number of aryl methyl sites for hydroxylation is 1. The number of rotatable bonds is 2. The Labute approximate surface area is 141 Å². The highest BCUT2D eigenvalue weighted by Gasteiger charge is 2.41. The fraction of sp³-hybridized carbons (Fsp3) is 0.556. The molecule has 2 fully saturated rings. The van der Waals surface area contributed by atoms with Crippen molar-refractivity contribution in [3.8, 4) is 0 Å². The summed E-state index contributed by atoms with van der Waals surface area (Å²) in [7, 11) is 0. The van der Waals surface area contributed by atoms with Gasteiger partial charge in [0.2, 0.25) is 5.91 Å². The Kier molecular flexibility index (Phi) is 5.02. The van der Waals surface area contributed by atoms with Crippen LogP contribution in [-0.4, -0.2) is 53.6 Å². The van der Waals surface area contributed by atoms with E-state index in [-0.39, 0.29) is 18.9 Å². The normalized spacial score (nSPS) is 24.1. The minimum Gasteiger partial charge on any atom is -0.341 e. The van der Waals surface area contributed by atoms with E-state index in [2.05, 4.69) is 5.32 Å². The standard InChI is InChI=1S/C18H24FN3O2/c1-13-5-7-15(8-6-13)20-18(24)22-12-14(19)11-16(22)17(23)21-9-3-2-4-10-21/h5-8,14,16H,2-4,9-12H2,1H3,(H,20,24)/t14-,16-/m0/s1. The van der Waals surface area contributed by atoms with Gasteiger partial charge in [-0.2, -0.15) is 0 Å². The summed E-state index contributed by atoms with van der Waals surface area (Å²) in [6, 6.07) is 6.30.